The van der Waals surface area contributed by atoms with E-state index >= 15 is 0 Å². The van der Waals surface area contributed by atoms with Crippen molar-refractivity contribution in [3.63, 3.8) is 0 Å². The largest absolute Gasteiger partial charge is 0.507 e. The maximum absolute atomic E-state index is 11.9. The molecule has 2 amide bonds. The predicted molar refractivity (Wildman–Crippen MR) is 97.2 cm³/mol. The van der Waals surface area contributed by atoms with Crippen LogP contribution in [0.2, 0.25) is 0 Å². The molecular formula is C20H24N2O3. The molecule has 0 bridgehead atoms. The molecule has 3 N–H and O–H groups in total. The SMILES string of the molecule is CC(C)(C)c1ccc(CCC(=O)NNC(=O)c2ccccc2O)cc1. The zero-order valence-corrected chi connectivity index (χ0v) is 14.8. The van der Waals surface area contributed by atoms with Crippen LogP contribution in [0.15, 0.2) is 48.5 Å². The standard InChI is InChI=1S/C20H24N2O3/c1-20(2,3)15-11-8-14(9-12-15)10-13-18(24)21-22-19(25)16-6-4-5-7-17(16)23/h4-9,11-12,23H,10,13H2,1-3H3,(H,21,24)(H,22,25). The molecule has 0 atom stereocenters. The lowest BCUT2D eigenvalue weighted by Gasteiger charge is -2.19. The monoisotopic (exact) mass is 340 g/mol. The fourth-order valence-corrected chi connectivity index (χ4v) is 2.35. The summed E-state index contributed by atoms with van der Waals surface area (Å²) in [5, 5.41) is 9.60. The van der Waals surface area contributed by atoms with Gasteiger partial charge in [0, 0.05) is 6.42 Å². The van der Waals surface area contributed by atoms with E-state index in [4.69, 9.17) is 0 Å². The van der Waals surface area contributed by atoms with Gasteiger partial charge in [0.2, 0.25) is 5.91 Å². The molecule has 2 aromatic rings. The first-order valence-corrected chi connectivity index (χ1v) is 8.24. The predicted octanol–water partition coefficient (Wildman–Crippen LogP) is 3.08. The van der Waals surface area contributed by atoms with Crippen LogP contribution in [0, 0.1) is 0 Å². The summed E-state index contributed by atoms with van der Waals surface area (Å²) in [6.07, 6.45) is 0.846. The Bertz CT molecular complexity index is 746. The van der Waals surface area contributed by atoms with Crippen molar-refractivity contribution >= 4 is 11.8 Å². The molecule has 25 heavy (non-hydrogen) atoms. The molecule has 0 saturated carbocycles. The molecule has 5 heteroatoms. The molecule has 0 aliphatic rings. The van der Waals surface area contributed by atoms with Gasteiger partial charge in [-0.15, -0.1) is 0 Å². The molecule has 5 nitrogen and oxygen atoms in total. The second-order valence-electron chi connectivity index (χ2n) is 6.97. The van der Waals surface area contributed by atoms with E-state index < -0.39 is 5.91 Å². The number of phenols is 1. The van der Waals surface area contributed by atoms with E-state index in [0.717, 1.165) is 5.56 Å². The van der Waals surface area contributed by atoms with E-state index in [9.17, 15) is 14.7 Å². The Labute approximate surface area is 148 Å². The van der Waals surface area contributed by atoms with Gasteiger partial charge in [0.1, 0.15) is 5.75 Å². The molecule has 0 saturated heterocycles. The number of rotatable bonds is 4. The first kappa shape index (κ1) is 18.5. The van der Waals surface area contributed by atoms with Crippen molar-refractivity contribution in [1.82, 2.24) is 10.9 Å². The van der Waals surface area contributed by atoms with Crippen molar-refractivity contribution in [3.05, 3.63) is 65.2 Å². The number of para-hydroxylation sites is 1. The Morgan fingerprint density at radius 3 is 2.20 bits per heavy atom. The fraction of sp³-hybridized carbons (Fsp3) is 0.300. The zero-order valence-electron chi connectivity index (χ0n) is 14.8. The molecule has 0 radical (unpaired) electrons. The molecule has 0 unspecified atom stereocenters. The van der Waals surface area contributed by atoms with Crippen LogP contribution in [0.3, 0.4) is 0 Å². The second-order valence-corrected chi connectivity index (χ2v) is 6.97. The number of aromatic hydroxyl groups is 1. The zero-order chi connectivity index (χ0) is 18.4. The van der Waals surface area contributed by atoms with E-state index in [1.165, 1.54) is 17.7 Å². The number of aryl methyl sites for hydroxylation is 1. The lowest BCUT2D eigenvalue weighted by molar-refractivity contribution is -0.121. The maximum atomic E-state index is 11.9. The summed E-state index contributed by atoms with van der Waals surface area (Å²) in [6, 6.07) is 14.3. The summed E-state index contributed by atoms with van der Waals surface area (Å²) in [5.74, 6) is -0.974. The van der Waals surface area contributed by atoms with Gasteiger partial charge in [-0.3, -0.25) is 20.4 Å². The maximum Gasteiger partial charge on any atom is 0.273 e. The summed E-state index contributed by atoms with van der Waals surface area (Å²) in [7, 11) is 0. The number of carbonyl (C=O) groups is 2. The van der Waals surface area contributed by atoms with Gasteiger partial charge in [0.25, 0.3) is 5.91 Å². The Kier molecular flexibility index (Phi) is 5.80. The van der Waals surface area contributed by atoms with E-state index in [1.807, 2.05) is 12.1 Å². The number of hydrogen-bond donors (Lipinski definition) is 3. The summed E-state index contributed by atoms with van der Waals surface area (Å²) < 4.78 is 0. The smallest absolute Gasteiger partial charge is 0.273 e. The van der Waals surface area contributed by atoms with Gasteiger partial charge in [-0.25, -0.2) is 0 Å². The second kappa shape index (κ2) is 7.83. The van der Waals surface area contributed by atoms with Crippen molar-refractivity contribution in [3.8, 4) is 5.75 Å². The number of nitrogens with one attached hydrogen (secondary N) is 2. The minimum Gasteiger partial charge on any atom is -0.507 e. The molecule has 0 aliphatic carbocycles. The highest BCUT2D eigenvalue weighted by atomic mass is 16.3. The van der Waals surface area contributed by atoms with Gasteiger partial charge >= 0.3 is 0 Å². The first-order valence-electron chi connectivity index (χ1n) is 8.24. The molecular weight excluding hydrogens is 316 g/mol. The van der Waals surface area contributed by atoms with Gasteiger partial charge < -0.3 is 5.11 Å². The number of amides is 2. The quantitative estimate of drug-likeness (QED) is 0.749. The van der Waals surface area contributed by atoms with Crippen LogP contribution in [-0.2, 0) is 16.6 Å². The molecule has 0 spiro atoms. The highest BCUT2D eigenvalue weighted by Gasteiger charge is 2.13. The Hall–Kier alpha value is -2.82. The number of carbonyl (C=O) groups excluding carboxylic acids is 2. The minimum absolute atomic E-state index is 0.100. The summed E-state index contributed by atoms with van der Waals surface area (Å²) in [5.41, 5.74) is 7.19. The van der Waals surface area contributed by atoms with Crippen LogP contribution in [0.5, 0.6) is 5.75 Å². The Morgan fingerprint density at radius 2 is 1.60 bits per heavy atom. The third-order valence-corrected chi connectivity index (χ3v) is 3.92. The summed E-state index contributed by atoms with van der Waals surface area (Å²) in [4.78, 5) is 23.8. The molecule has 0 aromatic heterocycles. The first-order chi connectivity index (χ1) is 11.8. The molecule has 2 aromatic carbocycles. The van der Waals surface area contributed by atoms with Gasteiger partial charge in [0.15, 0.2) is 0 Å². The van der Waals surface area contributed by atoms with Gasteiger partial charge in [-0.1, -0.05) is 57.2 Å². The van der Waals surface area contributed by atoms with E-state index in [2.05, 4.69) is 43.8 Å². The summed E-state index contributed by atoms with van der Waals surface area (Å²) >= 11 is 0. The molecule has 0 heterocycles. The number of hydrazine groups is 1. The van der Waals surface area contributed by atoms with Crippen molar-refractivity contribution in [1.29, 1.82) is 0 Å². The molecule has 0 aliphatic heterocycles. The number of hydrogen-bond acceptors (Lipinski definition) is 3. The van der Waals surface area contributed by atoms with Crippen molar-refractivity contribution in [2.24, 2.45) is 0 Å². The van der Waals surface area contributed by atoms with Crippen LogP contribution in [-0.4, -0.2) is 16.9 Å². The van der Waals surface area contributed by atoms with Gasteiger partial charge in [-0.05, 0) is 35.1 Å². The van der Waals surface area contributed by atoms with Crippen LogP contribution in [0.1, 0.15) is 48.7 Å². The normalized spacial score (nSPS) is 11.0. The van der Waals surface area contributed by atoms with Crippen LogP contribution < -0.4 is 10.9 Å². The Balaban J connectivity index is 1.81. The highest BCUT2D eigenvalue weighted by Crippen LogP contribution is 2.22. The number of phenolic OH excluding ortho intramolecular Hbond substituents is 1. The van der Waals surface area contributed by atoms with Crippen molar-refractivity contribution in [2.45, 2.75) is 39.0 Å². The van der Waals surface area contributed by atoms with Crippen LogP contribution >= 0.6 is 0 Å². The molecule has 2 rings (SSSR count). The molecule has 0 fully saturated rings. The lowest BCUT2D eigenvalue weighted by Crippen LogP contribution is -2.41. The van der Waals surface area contributed by atoms with E-state index in [0.29, 0.717) is 6.42 Å². The fourth-order valence-electron chi connectivity index (χ4n) is 2.35. The van der Waals surface area contributed by atoms with Crippen molar-refractivity contribution in [2.75, 3.05) is 0 Å². The average molecular weight is 340 g/mol. The minimum atomic E-state index is -0.555. The van der Waals surface area contributed by atoms with Crippen LogP contribution in [0.25, 0.3) is 0 Å². The van der Waals surface area contributed by atoms with E-state index in [1.54, 1.807) is 12.1 Å². The lowest BCUT2D eigenvalue weighted by atomic mass is 9.86. The topological polar surface area (TPSA) is 78.4 Å². The van der Waals surface area contributed by atoms with Crippen molar-refractivity contribution < 1.29 is 14.7 Å². The average Bonchev–Trinajstić information content (AvgIpc) is 2.58. The highest BCUT2D eigenvalue weighted by molar-refractivity contribution is 5.97. The van der Waals surface area contributed by atoms with Gasteiger partial charge in [-0.2, -0.15) is 0 Å². The number of benzene rings is 2. The Morgan fingerprint density at radius 1 is 0.960 bits per heavy atom. The van der Waals surface area contributed by atoms with Gasteiger partial charge in [0.05, 0.1) is 5.56 Å². The third kappa shape index (κ3) is 5.35. The third-order valence-electron chi connectivity index (χ3n) is 3.92. The van der Waals surface area contributed by atoms with E-state index in [-0.39, 0.29) is 29.1 Å². The van der Waals surface area contributed by atoms with Crippen LogP contribution in [0.4, 0.5) is 0 Å². The summed E-state index contributed by atoms with van der Waals surface area (Å²) in [6.45, 7) is 6.47. The molecule has 132 valence electrons.